The third kappa shape index (κ3) is 1.18. The third-order valence-electron chi connectivity index (χ3n) is 2.76. The van der Waals surface area contributed by atoms with Gasteiger partial charge in [0.05, 0.1) is 15.6 Å². The van der Waals surface area contributed by atoms with E-state index < -0.39 is 5.66 Å². The molecule has 3 aliphatic heterocycles. The minimum atomic E-state index is -0.414. The van der Waals surface area contributed by atoms with Crippen LogP contribution >= 0.6 is 23.4 Å². The number of amidine groups is 1. The van der Waals surface area contributed by atoms with Gasteiger partial charge in [-0.3, -0.25) is 10.3 Å². The lowest BCUT2D eigenvalue weighted by molar-refractivity contribution is 0.365. The topological polar surface area (TPSA) is 40.0 Å². The molecule has 0 saturated heterocycles. The molecule has 1 spiro atoms. The van der Waals surface area contributed by atoms with Crippen molar-refractivity contribution in [1.29, 1.82) is 0 Å². The number of hydrogen-bond acceptors (Lipinski definition) is 5. The van der Waals surface area contributed by atoms with E-state index in [1.807, 2.05) is 12.3 Å². The highest BCUT2D eigenvalue weighted by atomic mass is 35.5. The number of hydrogen-bond donors (Lipinski definition) is 1. The van der Waals surface area contributed by atoms with Gasteiger partial charge in [-0.05, 0) is 6.08 Å². The number of nitrogens with one attached hydrogen (secondary N) is 1. The molecule has 16 heavy (non-hydrogen) atoms. The molecule has 3 rings (SSSR count). The van der Waals surface area contributed by atoms with Crippen LogP contribution < -0.4 is 5.43 Å². The van der Waals surface area contributed by atoms with Crippen LogP contribution in [0.3, 0.4) is 0 Å². The van der Waals surface area contributed by atoms with Crippen LogP contribution in [0, 0.1) is 5.92 Å². The normalized spacial score (nSPS) is 30.8. The zero-order valence-electron chi connectivity index (χ0n) is 8.94. The van der Waals surface area contributed by atoms with E-state index in [1.54, 1.807) is 6.34 Å². The SMILES string of the molecule is CC(C)C1=NNC23C=C(Cl)SC2=CN=CN13. The summed E-state index contributed by atoms with van der Waals surface area (Å²) in [5.74, 6) is 1.33. The van der Waals surface area contributed by atoms with Crippen molar-refractivity contribution in [3.05, 3.63) is 21.5 Å². The van der Waals surface area contributed by atoms with E-state index in [2.05, 4.69) is 34.3 Å². The maximum atomic E-state index is 6.09. The molecule has 0 radical (unpaired) electrons. The summed E-state index contributed by atoms with van der Waals surface area (Å²) in [6, 6.07) is 0. The molecule has 0 bridgehead atoms. The van der Waals surface area contributed by atoms with Gasteiger partial charge in [0.15, 0.2) is 5.66 Å². The lowest BCUT2D eigenvalue weighted by Gasteiger charge is -2.35. The molecule has 0 amide bonds. The number of hydrazone groups is 1. The second-order valence-corrected chi connectivity index (χ2v) is 5.90. The van der Waals surface area contributed by atoms with Crippen LogP contribution in [-0.4, -0.2) is 22.7 Å². The predicted octanol–water partition coefficient (Wildman–Crippen LogP) is 2.27. The lowest BCUT2D eigenvalue weighted by Crippen LogP contribution is -2.53. The van der Waals surface area contributed by atoms with Gasteiger partial charge < -0.3 is 0 Å². The first-order chi connectivity index (χ1) is 7.63. The Hall–Kier alpha value is -0.940. The molecule has 0 fully saturated rings. The summed E-state index contributed by atoms with van der Waals surface area (Å²) in [5.41, 5.74) is 2.75. The molecule has 1 N–H and O–H groups in total. The van der Waals surface area contributed by atoms with Gasteiger partial charge >= 0.3 is 0 Å². The minimum Gasteiger partial charge on any atom is -0.285 e. The van der Waals surface area contributed by atoms with Crippen molar-refractivity contribution in [2.24, 2.45) is 16.0 Å². The van der Waals surface area contributed by atoms with Gasteiger partial charge in [0, 0.05) is 12.1 Å². The van der Waals surface area contributed by atoms with Gasteiger partial charge in [0.25, 0.3) is 0 Å². The van der Waals surface area contributed by atoms with Gasteiger partial charge in [-0.25, -0.2) is 4.99 Å². The van der Waals surface area contributed by atoms with Gasteiger partial charge in [-0.2, -0.15) is 5.10 Å². The fraction of sp³-hybridized carbons (Fsp3) is 0.400. The van der Waals surface area contributed by atoms with Gasteiger partial charge in [0.2, 0.25) is 0 Å². The molecule has 3 aliphatic rings. The zero-order valence-corrected chi connectivity index (χ0v) is 10.5. The van der Waals surface area contributed by atoms with E-state index in [-0.39, 0.29) is 0 Å². The van der Waals surface area contributed by atoms with E-state index >= 15 is 0 Å². The smallest absolute Gasteiger partial charge is 0.187 e. The summed E-state index contributed by atoms with van der Waals surface area (Å²) in [6.45, 7) is 4.22. The molecule has 0 saturated carbocycles. The maximum absolute atomic E-state index is 6.09. The Kier molecular flexibility index (Phi) is 2.09. The van der Waals surface area contributed by atoms with Crippen LogP contribution in [0.2, 0.25) is 0 Å². The lowest BCUT2D eigenvalue weighted by atomic mass is 10.1. The quantitative estimate of drug-likeness (QED) is 0.780. The van der Waals surface area contributed by atoms with Gasteiger partial charge in [0.1, 0.15) is 5.84 Å². The first kappa shape index (κ1) is 10.2. The number of aliphatic imine (C=N–C) groups is 1. The largest absolute Gasteiger partial charge is 0.285 e. The van der Waals surface area contributed by atoms with Crippen molar-refractivity contribution >= 4 is 35.5 Å². The predicted molar refractivity (Wildman–Crippen MR) is 68.1 cm³/mol. The Labute approximate surface area is 103 Å². The maximum Gasteiger partial charge on any atom is 0.187 e. The molecule has 1 unspecified atom stereocenters. The molecular weight excluding hydrogens is 244 g/mol. The Morgan fingerprint density at radius 2 is 2.38 bits per heavy atom. The van der Waals surface area contributed by atoms with Crippen molar-refractivity contribution in [1.82, 2.24) is 10.3 Å². The van der Waals surface area contributed by atoms with E-state index in [0.717, 1.165) is 15.1 Å². The molecule has 0 aliphatic carbocycles. The average Bonchev–Trinajstić information content (AvgIpc) is 2.72. The fourth-order valence-corrected chi connectivity index (χ4v) is 3.32. The highest BCUT2D eigenvalue weighted by Gasteiger charge is 2.50. The molecule has 4 nitrogen and oxygen atoms in total. The first-order valence-corrected chi connectivity index (χ1v) is 6.27. The van der Waals surface area contributed by atoms with E-state index in [1.165, 1.54) is 11.8 Å². The summed E-state index contributed by atoms with van der Waals surface area (Å²) < 4.78 is 0.759. The van der Waals surface area contributed by atoms with Crippen LogP contribution in [0.4, 0.5) is 0 Å². The molecular formula is C10H11ClN4S. The molecule has 6 heteroatoms. The van der Waals surface area contributed by atoms with E-state index in [4.69, 9.17) is 11.6 Å². The second kappa shape index (κ2) is 3.28. The number of halogens is 1. The van der Waals surface area contributed by atoms with Crippen LogP contribution in [0.25, 0.3) is 0 Å². The molecule has 3 heterocycles. The summed E-state index contributed by atoms with van der Waals surface area (Å²) in [7, 11) is 0. The number of thioether (sulfide) groups is 1. The van der Waals surface area contributed by atoms with Gasteiger partial charge in [-0.15, -0.1) is 0 Å². The standard InChI is InChI=1S/C10H11ClN4S/c1-6(2)9-13-14-10-3-8(11)16-7(10)4-12-5-15(9)10/h3-6,14H,1-2H3. The Morgan fingerprint density at radius 3 is 3.12 bits per heavy atom. The van der Waals surface area contributed by atoms with Crippen molar-refractivity contribution in [2.45, 2.75) is 19.5 Å². The Morgan fingerprint density at radius 1 is 1.56 bits per heavy atom. The Bertz CT molecular complexity index is 465. The molecule has 84 valence electrons. The van der Waals surface area contributed by atoms with Crippen molar-refractivity contribution in [3.63, 3.8) is 0 Å². The third-order valence-corrected chi connectivity index (χ3v) is 4.05. The highest BCUT2D eigenvalue weighted by Crippen LogP contribution is 2.48. The van der Waals surface area contributed by atoms with Crippen molar-refractivity contribution in [3.8, 4) is 0 Å². The first-order valence-electron chi connectivity index (χ1n) is 5.08. The van der Waals surface area contributed by atoms with E-state index in [0.29, 0.717) is 5.92 Å². The van der Waals surface area contributed by atoms with Crippen LogP contribution in [0.15, 0.2) is 31.6 Å². The molecule has 0 aromatic carbocycles. The van der Waals surface area contributed by atoms with Crippen LogP contribution in [-0.2, 0) is 0 Å². The summed E-state index contributed by atoms with van der Waals surface area (Å²) in [5, 5.41) is 4.39. The highest BCUT2D eigenvalue weighted by molar-refractivity contribution is 8.08. The summed E-state index contributed by atoms with van der Waals surface area (Å²) in [6.07, 6.45) is 5.61. The van der Waals surface area contributed by atoms with Crippen LogP contribution in [0.1, 0.15) is 13.8 Å². The van der Waals surface area contributed by atoms with E-state index in [9.17, 15) is 0 Å². The number of nitrogens with zero attached hydrogens (tertiary/aromatic N) is 3. The van der Waals surface area contributed by atoms with Gasteiger partial charge in [-0.1, -0.05) is 37.2 Å². The molecule has 0 aromatic heterocycles. The van der Waals surface area contributed by atoms with Crippen molar-refractivity contribution < 1.29 is 0 Å². The molecule has 0 aromatic rings. The average molecular weight is 255 g/mol. The molecule has 1 atom stereocenters. The Balaban J connectivity index is 2.06. The van der Waals surface area contributed by atoms with Crippen LogP contribution in [0.5, 0.6) is 0 Å². The second-order valence-electron chi connectivity index (χ2n) is 4.18. The van der Waals surface area contributed by atoms with Crippen molar-refractivity contribution in [2.75, 3.05) is 0 Å². The minimum absolute atomic E-state index is 0.343. The fourth-order valence-electron chi connectivity index (χ4n) is 2.00. The summed E-state index contributed by atoms with van der Waals surface area (Å²) >= 11 is 7.61. The summed E-state index contributed by atoms with van der Waals surface area (Å²) in [4.78, 5) is 7.35. The number of rotatable bonds is 1. The zero-order chi connectivity index (χ0) is 11.3. The monoisotopic (exact) mass is 254 g/mol.